The minimum Gasteiger partial charge on any atom is -0.384 e. The van der Waals surface area contributed by atoms with Crippen molar-refractivity contribution in [2.24, 2.45) is 0 Å². The van der Waals surface area contributed by atoms with Gasteiger partial charge in [0.1, 0.15) is 17.5 Å². The zero-order valence-electron chi connectivity index (χ0n) is 11.8. The van der Waals surface area contributed by atoms with Crippen LogP contribution in [0.1, 0.15) is 63.6 Å². The monoisotopic (exact) mass is 260 g/mol. The average molecular weight is 260 g/mol. The number of rotatable bonds is 4. The summed E-state index contributed by atoms with van der Waals surface area (Å²) < 4.78 is 0. The molecule has 1 atom stereocenters. The van der Waals surface area contributed by atoms with Gasteiger partial charge in [0.2, 0.25) is 0 Å². The Morgan fingerprint density at radius 3 is 2.84 bits per heavy atom. The molecule has 0 spiro atoms. The van der Waals surface area contributed by atoms with Crippen molar-refractivity contribution < 1.29 is 0 Å². The lowest BCUT2D eigenvalue weighted by atomic mass is 9.98. The van der Waals surface area contributed by atoms with Gasteiger partial charge in [-0.25, -0.2) is 9.97 Å². The molecule has 1 aliphatic heterocycles. The third-order valence-corrected chi connectivity index (χ3v) is 4.24. The molecule has 0 amide bonds. The van der Waals surface area contributed by atoms with E-state index in [-0.39, 0.29) is 0 Å². The van der Waals surface area contributed by atoms with Crippen LogP contribution in [0.5, 0.6) is 0 Å². The van der Waals surface area contributed by atoms with Gasteiger partial charge in [0, 0.05) is 24.6 Å². The number of nitrogens with zero attached hydrogens (tertiary/aromatic N) is 3. The van der Waals surface area contributed by atoms with E-state index in [1.165, 1.54) is 44.9 Å². The van der Waals surface area contributed by atoms with Crippen molar-refractivity contribution in [1.82, 2.24) is 9.97 Å². The van der Waals surface area contributed by atoms with Gasteiger partial charge in [0.15, 0.2) is 0 Å². The summed E-state index contributed by atoms with van der Waals surface area (Å²) in [6.07, 6.45) is 8.83. The zero-order valence-corrected chi connectivity index (χ0v) is 11.8. The molecule has 3 rings (SSSR count). The van der Waals surface area contributed by atoms with Crippen LogP contribution in [0.25, 0.3) is 0 Å². The van der Waals surface area contributed by atoms with Gasteiger partial charge < -0.3 is 10.6 Å². The van der Waals surface area contributed by atoms with Gasteiger partial charge in [-0.1, -0.05) is 13.3 Å². The largest absolute Gasteiger partial charge is 0.384 e. The SMILES string of the molecule is CCCC1CCCCN1c1cc(N)nc(C2CC2)n1. The topological polar surface area (TPSA) is 55.0 Å². The van der Waals surface area contributed by atoms with Gasteiger partial charge in [-0.2, -0.15) is 0 Å². The number of hydrogen-bond donors (Lipinski definition) is 1. The third kappa shape index (κ3) is 2.82. The molecule has 2 heterocycles. The third-order valence-electron chi connectivity index (χ3n) is 4.24. The fraction of sp³-hybridized carbons (Fsp3) is 0.733. The molecule has 0 radical (unpaired) electrons. The van der Waals surface area contributed by atoms with E-state index in [1.807, 2.05) is 6.07 Å². The van der Waals surface area contributed by atoms with Crippen LogP contribution >= 0.6 is 0 Å². The maximum Gasteiger partial charge on any atom is 0.136 e. The van der Waals surface area contributed by atoms with E-state index in [0.29, 0.717) is 17.8 Å². The predicted octanol–water partition coefficient (Wildman–Crippen LogP) is 3.10. The van der Waals surface area contributed by atoms with Crippen LogP contribution in [0.2, 0.25) is 0 Å². The van der Waals surface area contributed by atoms with Crippen molar-refractivity contribution in [3.8, 4) is 0 Å². The van der Waals surface area contributed by atoms with Gasteiger partial charge >= 0.3 is 0 Å². The molecular formula is C15H24N4. The Hall–Kier alpha value is -1.32. The molecule has 1 unspecified atom stereocenters. The van der Waals surface area contributed by atoms with Crippen LogP contribution < -0.4 is 10.6 Å². The quantitative estimate of drug-likeness (QED) is 0.903. The Bertz CT molecular complexity index is 440. The molecule has 4 heteroatoms. The molecule has 1 saturated heterocycles. The smallest absolute Gasteiger partial charge is 0.136 e. The number of nitrogen functional groups attached to an aromatic ring is 1. The number of nitrogens with two attached hydrogens (primary N) is 1. The van der Waals surface area contributed by atoms with Gasteiger partial charge in [0.25, 0.3) is 0 Å². The molecule has 19 heavy (non-hydrogen) atoms. The summed E-state index contributed by atoms with van der Waals surface area (Å²) in [5, 5.41) is 0. The van der Waals surface area contributed by atoms with E-state index in [2.05, 4.69) is 16.8 Å². The summed E-state index contributed by atoms with van der Waals surface area (Å²) >= 11 is 0. The van der Waals surface area contributed by atoms with Crippen molar-refractivity contribution in [2.45, 2.75) is 63.8 Å². The van der Waals surface area contributed by atoms with Crippen molar-refractivity contribution in [1.29, 1.82) is 0 Å². The van der Waals surface area contributed by atoms with Crippen LogP contribution in [0, 0.1) is 0 Å². The second kappa shape index (κ2) is 5.35. The standard InChI is InChI=1S/C15H24N4/c1-2-5-12-6-3-4-9-19(12)14-10-13(16)17-15(18-14)11-7-8-11/h10-12H,2-9H2,1H3,(H2,16,17,18). The average Bonchev–Trinajstić information content (AvgIpc) is 3.23. The normalized spacial score (nSPS) is 23.6. The van der Waals surface area contributed by atoms with Crippen LogP contribution in [-0.2, 0) is 0 Å². The van der Waals surface area contributed by atoms with E-state index in [4.69, 9.17) is 10.7 Å². The number of piperidine rings is 1. The maximum atomic E-state index is 5.97. The lowest BCUT2D eigenvalue weighted by molar-refractivity contribution is 0.431. The lowest BCUT2D eigenvalue weighted by Gasteiger charge is -2.36. The molecule has 4 nitrogen and oxygen atoms in total. The van der Waals surface area contributed by atoms with Crippen molar-refractivity contribution >= 4 is 11.6 Å². The van der Waals surface area contributed by atoms with E-state index in [0.717, 1.165) is 18.2 Å². The van der Waals surface area contributed by atoms with Crippen molar-refractivity contribution in [3.63, 3.8) is 0 Å². The first-order chi connectivity index (χ1) is 9.28. The summed E-state index contributed by atoms with van der Waals surface area (Å²) in [5.41, 5.74) is 5.97. The Balaban J connectivity index is 1.86. The maximum absolute atomic E-state index is 5.97. The van der Waals surface area contributed by atoms with Crippen molar-refractivity contribution in [3.05, 3.63) is 11.9 Å². The summed E-state index contributed by atoms with van der Waals surface area (Å²) in [5.74, 6) is 3.23. The molecule has 0 aromatic carbocycles. The molecule has 1 saturated carbocycles. The fourth-order valence-corrected chi connectivity index (χ4v) is 3.08. The van der Waals surface area contributed by atoms with Gasteiger partial charge in [-0.15, -0.1) is 0 Å². The first-order valence-electron chi connectivity index (χ1n) is 7.69. The van der Waals surface area contributed by atoms with Crippen LogP contribution in [0.15, 0.2) is 6.07 Å². The van der Waals surface area contributed by atoms with Gasteiger partial charge in [-0.05, 0) is 38.5 Å². The van der Waals surface area contributed by atoms with Crippen LogP contribution in [-0.4, -0.2) is 22.6 Å². The van der Waals surface area contributed by atoms with Crippen LogP contribution in [0.3, 0.4) is 0 Å². The highest BCUT2D eigenvalue weighted by atomic mass is 15.2. The molecule has 1 aromatic heterocycles. The highest BCUT2D eigenvalue weighted by molar-refractivity contribution is 5.48. The molecule has 2 fully saturated rings. The van der Waals surface area contributed by atoms with E-state index in [1.54, 1.807) is 0 Å². The molecular weight excluding hydrogens is 236 g/mol. The minimum absolute atomic E-state index is 0.566. The highest BCUT2D eigenvalue weighted by Gasteiger charge is 2.29. The summed E-state index contributed by atoms with van der Waals surface area (Å²) in [6, 6.07) is 2.60. The number of aromatic nitrogens is 2. The Morgan fingerprint density at radius 2 is 2.11 bits per heavy atom. The van der Waals surface area contributed by atoms with E-state index >= 15 is 0 Å². The first-order valence-corrected chi connectivity index (χ1v) is 7.69. The molecule has 0 bridgehead atoms. The Morgan fingerprint density at radius 1 is 1.26 bits per heavy atom. The summed E-state index contributed by atoms with van der Waals surface area (Å²) in [4.78, 5) is 11.7. The first kappa shape index (κ1) is 12.7. The number of anilines is 2. The molecule has 104 valence electrons. The van der Waals surface area contributed by atoms with Crippen molar-refractivity contribution in [2.75, 3.05) is 17.2 Å². The summed E-state index contributed by atoms with van der Waals surface area (Å²) in [7, 11) is 0. The Kier molecular flexibility index (Phi) is 3.58. The van der Waals surface area contributed by atoms with E-state index in [9.17, 15) is 0 Å². The predicted molar refractivity (Wildman–Crippen MR) is 78.3 cm³/mol. The Labute approximate surface area is 115 Å². The molecule has 1 aromatic rings. The fourth-order valence-electron chi connectivity index (χ4n) is 3.08. The molecule has 2 N–H and O–H groups in total. The second-order valence-corrected chi connectivity index (χ2v) is 5.92. The number of hydrogen-bond acceptors (Lipinski definition) is 4. The summed E-state index contributed by atoms with van der Waals surface area (Å²) in [6.45, 7) is 3.38. The van der Waals surface area contributed by atoms with Crippen LogP contribution in [0.4, 0.5) is 11.6 Å². The van der Waals surface area contributed by atoms with E-state index < -0.39 is 0 Å². The van der Waals surface area contributed by atoms with Gasteiger partial charge in [0.05, 0.1) is 0 Å². The lowest BCUT2D eigenvalue weighted by Crippen LogP contribution is -2.40. The molecule has 1 aliphatic carbocycles. The van der Waals surface area contributed by atoms with Gasteiger partial charge in [-0.3, -0.25) is 0 Å². The second-order valence-electron chi connectivity index (χ2n) is 5.92. The minimum atomic E-state index is 0.566. The highest BCUT2D eigenvalue weighted by Crippen LogP contribution is 2.39. The zero-order chi connectivity index (χ0) is 13.2. The molecule has 2 aliphatic rings.